The van der Waals surface area contributed by atoms with Crippen LogP contribution >= 0.6 is 0 Å². The molecule has 0 amide bonds. The lowest BCUT2D eigenvalue weighted by atomic mass is 10.1. The van der Waals surface area contributed by atoms with Crippen LogP contribution < -0.4 is 5.19 Å². The van der Waals surface area contributed by atoms with E-state index < -0.39 is 16.1 Å². The van der Waals surface area contributed by atoms with Crippen molar-refractivity contribution in [2.75, 3.05) is 0 Å². The largest absolute Gasteiger partial charge is 0.256 e. The molecule has 25 heavy (non-hydrogen) atoms. The van der Waals surface area contributed by atoms with Crippen molar-refractivity contribution >= 4 is 21.3 Å². The Labute approximate surface area is 152 Å². The van der Waals surface area contributed by atoms with E-state index in [1.165, 1.54) is 22.0 Å². The smallest absolute Gasteiger partial charge is 0.137 e. The molecule has 2 aromatic carbocycles. The second kappa shape index (κ2) is 7.10. The summed E-state index contributed by atoms with van der Waals surface area (Å²) in [6.07, 6.45) is 4.50. The number of hydrogen-bond donors (Lipinski definition) is 0. The molecule has 3 nitrogen and oxygen atoms in total. The summed E-state index contributed by atoms with van der Waals surface area (Å²) in [5.41, 5.74) is 3.92. The normalized spacial score (nSPS) is 14.2. The summed E-state index contributed by atoms with van der Waals surface area (Å²) in [7, 11) is -2.85. The van der Waals surface area contributed by atoms with Gasteiger partial charge in [0.2, 0.25) is 0 Å². The molecule has 1 atom stereocenters. The Kier molecular flexibility index (Phi) is 5.06. The van der Waals surface area contributed by atoms with Gasteiger partial charge in [-0.15, -0.1) is 0 Å². The van der Waals surface area contributed by atoms with Gasteiger partial charge in [0, 0.05) is 14.2 Å². The second-order valence-corrected chi connectivity index (χ2v) is 18.9. The van der Waals surface area contributed by atoms with Gasteiger partial charge in [-0.2, -0.15) is 5.10 Å². The van der Waals surface area contributed by atoms with Crippen LogP contribution in [0.4, 0.5) is 0 Å². The first-order valence-electron chi connectivity index (χ1n) is 8.84. The van der Waals surface area contributed by atoms with E-state index in [9.17, 15) is 0 Å². The lowest BCUT2D eigenvalue weighted by Crippen LogP contribution is -2.53. The maximum Gasteiger partial charge on any atom is 0.137 e. The van der Waals surface area contributed by atoms with E-state index in [0.717, 1.165) is 6.17 Å². The van der Waals surface area contributed by atoms with Crippen LogP contribution in [-0.4, -0.2) is 30.9 Å². The maximum atomic E-state index is 4.38. The van der Waals surface area contributed by atoms with Gasteiger partial charge in [0.15, 0.2) is 0 Å². The van der Waals surface area contributed by atoms with Crippen LogP contribution in [0, 0.1) is 0 Å². The maximum absolute atomic E-state index is 4.38. The molecule has 0 aliphatic carbocycles. The lowest BCUT2D eigenvalue weighted by Gasteiger charge is -2.33. The predicted octanol–water partition coefficient (Wildman–Crippen LogP) is 4.35. The number of hydrogen-bond acceptors (Lipinski definition) is 2. The van der Waals surface area contributed by atoms with E-state index in [-0.39, 0.29) is 0 Å². The van der Waals surface area contributed by atoms with Crippen LogP contribution in [0.15, 0.2) is 67.3 Å². The van der Waals surface area contributed by atoms with Gasteiger partial charge in [-0.05, 0) is 11.1 Å². The standard InChI is InChI=1S/C20H27N3Si2/c1-24(2,3)17-25(4,16-23-15-21-14-22-23)20-12-10-19(11-13-20)18-8-6-5-7-9-18/h5-15H,16-17H2,1-4H3. The third-order valence-corrected chi connectivity index (χ3v) is 14.7. The third kappa shape index (κ3) is 4.55. The summed E-state index contributed by atoms with van der Waals surface area (Å²) < 4.78 is 2.03. The van der Waals surface area contributed by atoms with E-state index in [2.05, 4.69) is 90.9 Å². The summed E-state index contributed by atoms with van der Waals surface area (Å²) in [6, 6.07) is 19.9. The monoisotopic (exact) mass is 365 g/mol. The van der Waals surface area contributed by atoms with Gasteiger partial charge in [0.05, 0.1) is 0 Å². The molecular formula is C20H27N3Si2. The topological polar surface area (TPSA) is 30.7 Å². The van der Waals surface area contributed by atoms with Crippen molar-refractivity contribution in [3.8, 4) is 11.1 Å². The van der Waals surface area contributed by atoms with Crippen molar-refractivity contribution in [2.24, 2.45) is 0 Å². The van der Waals surface area contributed by atoms with Crippen LogP contribution in [0.3, 0.4) is 0 Å². The molecule has 0 aliphatic rings. The zero-order valence-corrected chi connectivity index (χ0v) is 17.6. The molecule has 0 saturated heterocycles. The number of nitrogens with zero attached hydrogens (tertiary/aromatic N) is 3. The van der Waals surface area contributed by atoms with Gasteiger partial charge < -0.3 is 0 Å². The van der Waals surface area contributed by atoms with Gasteiger partial charge in [0.1, 0.15) is 20.7 Å². The minimum Gasteiger partial charge on any atom is -0.256 e. The first-order valence-corrected chi connectivity index (χ1v) is 15.5. The van der Waals surface area contributed by atoms with Crippen molar-refractivity contribution < 1.29 is 0 Å². The van der Waals surface area contributed by atoms with Gasteiger partial charge in [0.25, 0.3) is 0 Å². The Bertz CT molecular complexity index is 793. The van der Waals surface area contributed by atoms with Crippen LogP contribution in [0.5, 0.6) is 0 Å². The van der Waals surface area contributed by atoms with Crippen LogP contribution in [0.1, 0.15) is 0 Å². The molecule has 130 valence electrons. The molecule has 0 radical (unpaired) electrons. The molecule has 1 aromatic heterocycles. The zero-order valence-electron chi connectivity index (χ0n) is 15.6. The Hall–Kier alpha value is -1.99. The molecular weight excluding hydrogens is 338 g/mol. The summed E-state index contributed by atoms with van der Waals surface area (Å²) >= 11 is 0. The number of aromatic nitrogens is 3. The molecule has 0 aliphatic heterocycles. The minimum atomic E-state index is -1.67. The highest BCUT2D eigenvalue weighted by molar-refractivity contribution is 7.01. The highest BCUT2D eigenvalue weighted by Gasteiger charge is 2.35. The van der Waals surface area contributed by atoms with E-state index in [4.69, 9.17) is 0 Å². The molecule has 1 unspecified atom stereocenters. The predicted molar refractivity (Wildman–Crippen MR) is 111 cm³/mol. The second-order valence-electron chi connectivity index (χ2n) is 8.33. The van der Waals surface area contributed by atoms with E-state index in [1.54, 1.807) is 6.33 Å². The number of rotatable bonds is 6. The fraction of sp³-hybridized carbons (Fsp3) is 0.300. The lowest BCUT2D eigenvalue weighted by molar-refractivity contribution is 0.724. The quantitative estimate of drug-likeness (QED) is 0.608. The molecule has 0 N–H and O–H groups in total. The fourth-order valence-corrected chi connectivity index (χ4v) is 16.4. The van der Waals surface area contributed by atoms with Crippen molar-refractivity contribution in [1.29, 1.82) is 0 Å². The average Bonchev–Trinajstić information content (AvgIpc) is 3.07. The third-order valence-electron chi connectivity index (χ3n) is 4.59. The highest BCUT2D eigenvalue weighted by Crippen LogP contribution is 2.23. The summed E-state index contributed by atoms with van der Waals surface area (Å²) in [4.78, 5) is 4.14. The highest BCUT2D eigenvalue weighted by atomic mass is 28.4. The molecule has 3 rings (SSSR count). The van der Waals surface area contributed by atoms with E-state index in [1.807, 2.05) is 11.0 Å². The summed E-state index contributed by atoms with van der Waals surface area (Å²) in [6.45, 7) is 9.91. The van der Waals surface area contributed by atoms with Crippen molar-refractivity contribution in [2.45, 2.75) is 38.0 Å². The van der Waals surface area contributed by atoms with Gasteiger partial charge in [-0.3, -0.25) is 4.68 Å². The van der Waals surface area contributed by atoms with E-state index in [0.29, 0.717) is 0 Å². The molecule has 3 aromatic rings. The van der Waals surface area contributed by atoms with Crippen LogP contribution in [-0.2, 0) is 6.17 Å². The molecule has 5 heteroatoms. The SMILES string of the molecule is C[Si](C)(C)C[Si](C)(Cn1cncn1)c1ccc(-c2ccccc2)cc1. The van der Waals surface area contributed by atoms with Crippen LogP contribution in [0.2, 0.25) is 31.9 Å². The van der Waals surface area contributed by atoms with Crippen molar-refractivity contribution in [1.82, 2.24) is 14.8 Å². The van der Waals surface area contributed by atoms with Gasteiger partial charge in [-0.1, -0.05) is 91.6 Å². The molecule has 0 fully saturated rings. The zero-order chi connectivity index (χ0) is 17.9. The molecule has 0 bridgehead atoms. The van der Waals surface area contributed by atoms with Crippen molar-refractivity contribution in [3.05, 3.63) is 67.3 Å². The Morgan fingerprint density at radius 1 is 0.840 bits per heavy atom. The number of benzene rings is 2. The Morgan fingerprint density at radius 3 is 2.04 bits per heavy atom. The van der Waals surface area contributed by atoms with Crippen molar-refractivity contribution in [3.63, 3.8) is 0 Å². The Balaban J connectivity index is 1.92. The molecule has 1 heterocycles. The first-order chi connectivity index (χ1) is 11.9. The summed E-state index contributed by atoms with van der Waals surface area (Å²) in [5, 5.41) is 5.90. The van der Waals surface area contributed by atoms with E-state index >= 15 is 0 Å². The van der Waals surface area contributed by atoms with Gasteiger partial charge >= 0.3 is 0 Å². The minimum absolute atomic E-state index is 1.00. The molecule has 0 saturated carbocycles. The van der Waals surface area contributed by atoms with Gasteiger partial charge in [-0.25, -0.2) is 4.98 Å². The average molecular weight is 366 g/mol. The fourth-order valence-electron chi connectivity index (χ4n) is 3.79. The van der Waals surface area contributed by atoms with Crippen LogP contribution in [0.25, 0.3) is 11.1 Å². The molecule has 0 spiro atoms. The Morgan fingerprint density at radius 2 is 1.48 bits per heavy atom. The first kappa shape index (κ1) is 17.8. The summed E-state index contributed by atoms with van der Waals surface area (Å²) in [5.74, 6) is 0.